The molecule has 0 radical (unpaired) electrons. The number of aromatic nitrogens is 2. The summed E-state index contributed by atoms with van der Waals surface area (Å²) in [5.41, 5.74) is 3.25. The topological polar surface area (TPSA) is 21.1 Å². The number of imidazole rings is 1. The van der Waals surface area contributed by atoms with Crippen molar-refractivity contribution in [3.05, 3.63) is 63.9 Å². The molecule has 0 N–H and O–H groups in total. The lowest BCUT2D eigenvalue weighted by atomic mass is 10.2. The monoisotopic (exact) mass is 333 g/mol. The standard InChI is InChI=1S/C17H17Cl2N3/c1-21(2)11-17-20-15-5-3-4-6-16(15)22(17)10-12-7-8-13(18)14(19)9-12/h3-9H,10-11H2,1-2H3. The molecule has 114 valence electrons. The van der Waals surface area contributed by atoms with Gasteiger partial charge in [-0.2, -0.15) is 0 Å². The Balaban J connectivity index is 2.05. The third-order valence-electron chi connectivity index (χ3n) is 3.52. The van der Waals surface area contributed by atoms with Crippen LogP contribution in [0.15, 0.2) is 42.5 Å². The lowest BCUT2D eigenvalue weighted by Crippen LogP contribution is -2.16. The quantitative estimate of drug-likeness (QED) is 0.703. The summed E-state index contributed by atoms with van der Waals surface area (Å²) < 4.78 is 2.23. The van der Waals surface area contributed by atoms with Gasteiger partial charge in [0, 0.05) is 6.54 Å². The zero-order chi connectivity index (χ0) is 15.7. The van der Waals surface area contributed by atoms with Crippen molar-refractivity contribution in [1.29, 1.82) is 0 Å². The average molecular weight is 334 g/mol. The fraction of sp³-hybridized carbons (Fsp3) is 0.235. The Morgan fingerprint density at radius 3 is 2.55 bits per heavy atom. The predicted molar refractivity (Wildman–Crippen MR) is 92.7 cm³/mol. The molecule has 0 fully saturated rings. The molecule has 0 saturated carbocycles. The minimum absolute atomic E-state index is 0.578. The summed E-state index contributed by atoms with van der Waals surface area (Å²) in [6, 6.07) is 13.9. The highest BCUT2D eigenvalue weighted by atomic mass is 35.5. The Hall–Kier alpha value is -1.55. The first-order valence-electron chi connectivity index (χ1n) is 7.07. The van der Waals surface area contributed by atoms with E-state index >= 15 is 0 Å². The molecule has 1 aromatic heterocycles. The molecule has 3 nitrogen and oxygen atoms in total. The second-order valence-electron chi connectivity index (χ2n) is 5.59. The van der Waals surface area contributed by atoms with Crippen molar-refractivity contribution in [1.82, 2.24) is 14.5 Å². The van der Waals surface area contributed by atoms with Crippen molar-refractivity contribution < 1.29 is 0 Å². The fourth-order valence-electron chi connectivity index (χ4n) is 2.53. The summed E-state index contributed by atoms with van der Waals surface area (Å²) in [6.45, 7) is 1.51. The van der Waals surface area contributed by atoms with E-state index in [0.29, 0.717) is 10.0 Å². The Kier molecular flexibility index (Phi) is 4.39. The van der Waals surface area contributed by atoms with Crippen LogP contribution >= 0.6 is 23.2 Å². The molecule has 3 rings (SSSR count). The molecule has 5 heteroatoms. The van der Waals surface area contributed by atoms with Gasteiger partial charge in [0.15, 0.2) is 0 Å². The van der Waals surface area contributed by atoms with Gasteiger partial charge in [0.05, 0.1) is 27.6 Å². The molecule has 2 aromatic carbocycles. The van der Waals surface area contributed by atoms with E-state index < -0.39 is 0 Å². The van der Waals surface area contributed by atoms with Crippen molar-refractivity contribution in [2.45, 2.75) is 13.1 Å². The van der Waals surface area contributed by atoms with Gasteiger partial charge < -0.3 is 9.47 Å². The number of hydrogen-bond acceptors (Lipinski definition) is 2. The van der Waals surface area contributed by atoms with Crippen molar-refractivity contribution in [2.75, 3.05) is 14.1 Å². The fourth-order valence-corrected chi connectivity index (χ4v) is 2.85. The maximum absolute atomic E-state index is 6.13. The summed E-state index contributed by atoms with van der Waals surface area (Å²) in [4.78, 5) is 6.87. The minimum Gasteiger partial charge on any atom is -0.322 e. The molecule has 0 saturated heterocycles. The number of hydrogen-bond donors (Lipinski definition) is 0. The maximum atomic E-state index is 6.13. The zero-order valence-electron chi connectivity index (χ0n) is 12.6. The molecule has 0 atom stereocenters. The van der Waals surface area contributed by atoms with Gasteiger partial charge in [0.2, 0.25) is 0 Å². The van der Waals surface area contributed by atoms with Gasteiger partial charge in [-0.05, 0) is 43.9 Å². The first-order valence-corrected chi connectivity index (χ1v) is 7.83. The number of benzene rings is 2. The Morgan fingerprint density at radius 1 is 1.05 bits per heavy atom. The molecular weight excluding hydrogens is 317 g/mol. The molecular formula is C17H17Cl2N3. The minimum atomic E-state index is 0.578. The van der Waals surface area contributed by atoms with Crippen LogP contribution in [-0.4, -0.2) is 28.5 Å². The van der Waals surface area contributed by atoms with E-state index in [0.717, 1.165) is 35.5 Å². The second kappa shape index (κ2) is 6.29. The van der Waals surface area contributed by atoms with Crippen molar-refractivity contribution in [3.63, 3.8) is 0 Å². The number of halogens is 2. The lowest BCUT2D eigenvalue weighted by Gasteiger charge is -2.13. The van der Waals surface area contributed by atoms with Crippen LogP contribution in [0.25, 0.3) is 11.0 Å². The molecule has 0 bridgehead atoms. The van der Waals surface area contributed by atoms with E-state index in [-0.39, 0.29) is 0 Å². The lowest BCUT2D eigenvalue weighted by molar-refractivity contribution is 0.384. The van der Waals surface area contributed by atoms with Crippen LogP contribution in [-0.2, 0) is 13.1 Å². The van der Waals surface area contributed by atoms with Crippen molar-refractivity contribution in [3.8, 4) is 0 Å². The Bertz CT molecular complexity index is 809. The third kappa shape index (κ3) is 3.12. The smallest absolute Gasteiger partial charge is 0.124 e. The molecule has 0 unspecified atom stereocenters. The highest BCUT2D eigenvalue weighted by Gasteiger charge is 2.12. The average Bonchev–Trinajstić information content (AvgIpc) is 2.80. The first kappa shape index (κ1) is 15.3. The van der Waals surface area contributed by atoms with Crippen molar-refractivity contribution in [2.24, 2.45) is 0 Å². The summed E-state index contributed by atoms with van der Waals surface area (Å²) in [7, 11) is 4.09. The second-order valence-corrected chi connectivity index (χ2v) is 6.40. The van der Waals surface area contributed by atoms with Gasteiger partial charge in [-0.3, -0.25) is 0 Å². The molecule has 0 aliphatic rings. The van der Waals surface area contributed by atoms with E-state index in [1.165, 1.54) is 0 Å². The normalized spacial score (nSPS) is 11.5. The summed E-state index contributed by atoms with van der Waals surface area (Å²) in [5, 5.41) is 1.16. The number of rotatable bonds is 4. The molecule has 0 amide bonds. The summed E-state index contributed by atoms with van der Waals surface area (Å²) in [6.07, 6.45) is 0. The Morgan fingerprint density at radius 2 is 1.82 bits per heavy atom. The first-order chi connectivity index (χ1) is 10.5. The highest BCUT2D eigenvalue weighted by molar-refractivity contribution is 6.42. The summed E-state index contributed by atoms with van der Waals surface area (Å²) >= 11 is 12.1. The van der Waals surface area contributed by atoms with Gasteiger partial charge in [-0.1, -0.05) is 41.4 Å². The van der Waals surface area contributed by atoms with Crippen LogP contribution in [0.4, 0.5) is 0 Å². The molecule has 0 aliphatic carbocycles. The summed E-state index contributed by atoms with van der Waals surface area (Å²) in [5.74, 6) is 1.04. The molecule has 3 aromatic rings. The molecule has 0 spiro atoms. The highest BCUT2D eigenvalue weighted by Crippen LogP contribution is 2.24. The maximum Gasteiger partial charge on any atom is 0.124 e. The third-order valence-corrected chi connectivity index (χ3v) is 4.25. The van der Waals surface area contributed by atoms with Gasteiger partial charge in [-0.15, -0.1) is 0 Å². The number of fused-ring (bicyclic) bond motifs is 1. The number of para-hydroxylation sites is 2. The molecule has 22 heavy (non-hydrogen) atoms. The predicted octanol–water partition coefficient (Wildman–Crippen LogP) is 4.45. The largest absolute Gasteiger partial charge is 0.322 e. The van der Waals surface area contributed by atoms with E-state index in [2.05, 4.69) is 15.5 Å². The van der Waals surface area contributed by atoms with Crippen LogP contribution in [0.5, 0.6) is 0 Å². The SMILES string of the molecule is CN(C)Cc1nc2ccccc2n1Cc1ccc(Cl)c(Cl)c1. The van der Waals surface area contributed by atoms with Crippen LogP contribution in [0.2, 0.25) is 10.0 Å². The number of nitrogens with zero attached hydrogens (tertiary/aromatic N) is 3. The molecule has 1 heterocycles. The van der Waals surface area contributed by atoms with Gasteiger partial charge in [0.25, 0.3) is 0 Å². The van der Waals surface area contributed by atoms with E-state index in [4.69, 9.17) is 28.2 Å². The van der Waals surface area contributed by atoms with E-state index in [9.17, 15) is 0 Å². The van der Waals surface area contributed by atoms with Crippen LogP contribution < -0.4 is 0 Å². The van der Waals surface area contributed by atoms with Gasteiger partial charge in [0.1, 0.15) is 5.82 Å². The zero-order valence-corrected chi connectivity index (χ0v) is 14.1. The van der Waals surface area contributed by atoms with Gasteiger partial charge in [-0.25, -0.2) is 4.98 Å². The van der Waals surface area contributed by atoms with Crippen LogP contribution in [0.3, 0.4) is 0 Å². The Labute approximate surface area is 140 Å². The van der Waals surface area contributed by atoms with E-state index in [1.807, 2.05) is 50.5 Å². The van der Waals surface area contributed by atoms with Crippen LogP contribution in [0.1, 0.15) is 11.4 Å². The van der Waals surface area contributed by atoms with E-state index in [1.54, 1.807) is 0 Å². The van der Waals surface area contributed by atoms with Crippen molar-refractivity contribution >= 4 is 34.2 Å². The molecule has 0 aliphatic heterocycles. The van der Waals surface area contributed by atoms with Gasteiger partial charge >= 0.3 is 0 Å². The van der Waals surface area contributed by atoms with Crippen LogP contribution in [0, 0.1) is 0 Å².